The number of hydrogen-bond acceptors (Lipinski definition) is 3. The molecule has 0 unspecified atom stereocenters. The predicted octanol–water partition coefficient (Wildman–Crippen LogP) is 3.44. The summed E-state index contributed by atoms with van der Waals surface area (Å²) in [7, 11) is 0. The molecular formula is C10H8Cl2N2O. The van der Waals surface area contributed by atoms with Crippen LogP contribution in [-0.4, -0.2) is 10.1 Å². The molecule has 0 radical (unpaired) electrons. The van der Waals surface area contributed by atoms with Crippen LogP contribution in [0.5, 0.6) is 0 Å². The van der Waals surface area contributed by atoms with Gasteiger partial charge in [0.05, 0.1) is 5.88 Å². The number of alkyl halides is 1. The van der Waals surface area contributed by atoms with Gasteiger partial charge in [0.15, 0.2) is 5.82 Å². The number of rotatable bonds is 2. The molecule has 5 heteroatoms. The normalized spacial score (nSPS) is 10.6. The van der Waals surface area contributed by atoms with Gasteiger partial charge in [0.2, 0.25) is 0 Å². The van der Waals surface area contributed by atoms with Crippen molar-refractivity contribution in [1.29, 1.82) is 0 Å². The first kappa shape index (κ1) is 10.5. The van der Waals surface area contributed by atoms with Crippen molar-refractivity contribution in [3.8, 4) is 11.5 Å². The van der Waals surface area contributed by atoms with Crippen molar-refractivity contribution >= 4 is 23.2 Å². The largest absolute Gasteiger partial charge is 0.334 e. The highest BCUT2D eigenvalue weighted by Crippen LogP contribution is 2.23. The van der Waals surface area contributed by atoms with Gasteiger partial charge in [0.1, 0.15) is 0 Å². The first-order valence-corrected chi connectivity index (χ1v) is 5.27. The van der Waals surface area contributed by atoms with E-state index in [9.17, 15) is 0 Å². The fraction of sp³-hybridized carbons (Fsp3) is 0.200. The maximum Gasteiger partial charge on any atom is 0.257 e. The third kappa shape index (κ3) is 2.13. The third-order valence-corrected chi connectivity index (χ3v) is 2.66. The van der Waals surface area contributed by atoms with Crippen molar-refractivity contribution in [2.24, 2.45) is 0 Å². The maximum atomic E-state index is 5.91. The fourth-order valence-electron chi connectivity index (χ4n) is 1.20. The Kier molecular flexibility index (Phi) is 2.93. The van der Waals surface area contributed by atoms with E-state index in [4.69, 9.17) is 27.7 Å². The molecule has 0 aliphatic carbocycles. The lowest BCUT2D eigenvalue weighted by Crippen LogP contribution is -1.82. The van der Waals surface area contributed by atoms with Crippen molar-refractivity contribution in [2.45, 2.75) is 12.8 Å². The highest BCUT2D eigenvalue weighted by Gasteiger charge is 2.08. The minimum Gasteiger partial charge on any atom is -0.334 e. The standard InChI is InChI=1S/C10H8Cl2N2O/c1-6-4-7(2-3-8(6)12)10-13-9(5-11)14-15-10/h2-4H,5H2,1H3. The molecule has 1 aromatic carbocycles. The molecule has 0 amide bonds. The zero-order valence-corrected chi connectivity index (χ0v) is 9.51. The molecule has 0 fully saturated rings. The van der Waals surface area contributed by atoms with E-state index in [1.54, 1.807) is 6.07 Å². The molecule has 0 atom stereocenters. The molecule has 0 saturated heterocycles. The molecule has 15 heavy (non-hydrogen) atoms. The highest BCUT2D eigenvalue weighted by molar-refractivity contribution is 6.31. The van der Waals surface area contributed by atoms with Crippen molar-refractivity contribution in [2.75, 3.05) is 0 Å². The van der Waals surface area contributed by atoms with Crippen LogP contribution in [0.3, 0.4) is 0 Å². The van der Waals surface area contributed by atoms with Gasteiger partial charge in [-0.3, -0.25) is 0 Å². The third-order valence-electron chi connectivity index (χ3n) is 1.99. The summed E-state index contributed by atoms with van der Waals surface area (Å²) in [6, 6.07) is 5.53. The van der Waals surface area contributed by atoms with Crippen LogP contribution in [0.15, 0.2) is 22.7 Å². The van der Waals surface area contributed by atoms with Crippen LogP contribution in [0.4, 0.5) is 0 Å². The number of halogens is 2. The molecule has 2 rings (SSSR count). The Labute approximate surface area is 97.0 Å². The summed E-state index contributed by atoms with van der Waals surface area (Å²) in [5.41, 5.74) is 1.82. The van der Waals surface area contributed by atoms with E-state index in [0.29, 0.717) is 11.7 Å². The van der Waals surface area contributed by atoms with Crippen molar-refractivity contribution < 1.29 is 4.52 Å². The average molecular weight is 243 g/mol. The van der Waals surface area contributed by atoms with E-state index >= 15 is 0 Å². The Balaban J connectivity index is 2.40. The Morgan fingerprint density at radius 3 is 2.80 bits per heavy atom. The molecule has 0 N–H and O–H groups in total. The quantitative estimate of drug-likeness (QED) is 0.758. The zero-order chi connectivity index (χ0) is 10.8. The summed E-state index contributed by atoms with van der Waals surface area (Å²) in [5, 5.41) is 4.43. The first-order valence-electron chi connectivity index (χ1n) is 4.36. The molecule has 0 aliphatic rings. The number of hydrogen-bond donors (Lipinski definition) is 0. The molecule has 0 aliphatic heterocycles. The fourth-order valence-corrected chi connectivity index (χ4v) is 1.43. The molecule has 1 aromatic heterocycles. The number of aryl methyl sites for hydroxylation is 1. The van der Waals surface area contributed by atoms with Gasteiger partial charge < -0.3 is 4.52 Å². The van der Waals surface area contributed by atoms with Crippen molar-refractivity contribution in [3.05, 3.63) is 34.6 Å². The van der Waals surface area contributed by atoms with E-state index < -0.39 is 0 Å². The first-order chi connectivity index (χ1) is 7.20. The molecule has 2 aromatic rings. The molecule has 3 nitrogen and oxygen atoms in total. The van der Waals surface area contributed by atoms with Crippen molar-refractivity contribution in [3.63, 3.8) is 0 Å². The smallest absolute Gasteiger partial charge is 0.257 e. The second kappa shape index (κ2) is 4.21. The summed E-state index contributed by atoms with van der Waals surface area (Å²) in [4.78, 5) is 4.12. The number of benzene rings is 1. The topological polar surface area (TPSA) is 38.9 Å². The summed E-state index contributed by atoms with van der Waals surface area (Å²) in [5.74, 6) is 1.19. The van der Waals surface area contributed by atoms with Gasteiger partial charge in [-0.1, -0.05) is 16.8 Å². The van der Waals surface area contributed by atoms with Gasteiger partial charge in [-0.15, -0.1) is 11.6 Å². The average Bonchev–Trinajstić information content (AvgIpc) is 2.70. The van der Waals surface area contributed by atoms with Gasteiger partial charge in [-0.25, -0.2) is 0 Å². The molecule has 0 saturated carbocycles. The Morgan fingerprint density at radius 2 is 2.20 bits per heavy atom. The second-order valence-electron chi connectivity index (χ2n) is 3.11. The Morgan fingerprint density at radius 1 is 1.40 bits per heavy atom. The van der Waals surface area contributed by atoms with E-state index in [0.717, 1.165) is 16.1 Å². The molecular weight excluding hydrogens is 235 g/mol. The van der Waals surface area contributed by atoms with Crippen LogP contribution in [0.1, 0.15) is 11.4 Å². The van der Waals surface area contributed by atoms with Crippen LogP contribution in [-0.2, 0) is 5.88 Å². The second-order valence-corrected chi connectivity index (χ2v) is 3.79. The van der Waals surface area contributed by atoms with Crippen LogP contribution in [0.25, 0.3) is 11.5 Å². The van der Waals surface area contributed by atoms with Crippen LogP contribution in [0.2, 0.25) is 5.02 Å². The van der Waals surface area contributed by atoms with Gasteiger partial charge in [0, 0.05) is 10.6 Å². The summed E-state index contributed by atoms with van der Waals surface area (Å²) < 4.78 is 5.05. The minimum absolute atomic E-state index is 0.246. The maximum absolute atomic E-state index is 5.91. The molecule has 0 spiro atoms. The monoisotopic (exact) mass is 242 g/mol. The van der Waals surface area contributed by atoms with Crippen LogP contribution < -0.4 is 0 Å². The van der Waals surface area contributed by atoms with E-state index in [-0.39, 0.29) is 5.88 Å². The van der Waals surface area contributed by atoms with Crippen molar-refractivity contribution in [1.82, 2.24) is 10.1 Å². The van der Waals surface area contributed by atoms with Crippen LogP contribution >= 0.6 is 23.2 Å². The zero-order valence-electron chi connectivity index (χ0n) is 8.00. The number of aromatic nitrogens is 2. The van der Waals surface area contributed by atoms with Crippen LogP contribution in [0, 0.1) is 6.92 Å². The lowest BCUT2D eigenvalue weighted by Gasteiger charge is -1.98. The van der Waals surface area contributed by atoms with Gasteiger partial charge >= 0.3 is 0 Å². The van der Waals surface area contributed by atoms with E-state index in [1.165, 1.54) is 0 Å². The molecule has 0 bridgehead atoms. The SMILES string of the molecule is Cc1cc(-c2nc(CCl)no2)ccc1Cl. The lowest BCUT2D eigenvalue weighted by molar-refractivity contribution is 0.425. The van der Waals surface area contributed by atoms with Gasteiger partial charge in [0.25, 0.3) is 5.89 Å². The lowest BCUT2D eigenvalue weighted by atomic mass is 10.1. The molecule has 78 valence electrons. The highest BCUT2D eigenvalue weighted by atomic mass is 35.5. The Bertz CT molecular complexity index is 482. The summed E-state index contributed by atoms with van der Waals surface area (Å²) in [6.07, 6.45) is 0. The molecule has 1 heterocycles. The van der Waals surface area contributed by atoms with Gasteiger partial charge in [-0.2, -0.15) is 4.98 Å². The van der Waals surface area contributed by atoms with E-state index in [1.807, 2.05) is 19.1 Å². The van der Waals surface area contributed by atoms with E-state index in [2.05, 4.69) is 10.1 Å². The predicted molar refractivity (Wildman–Crippen MR) is 59.0 cm³/mol. The number of nitrogens with zero attached hydrogens (tertiary/aromatic N) is 2. The van der Waals surface area contributed by atoms with Gasteiger partial charge in [-0.05, 0) is 30.7 Å². The summed E-state index contributed by atoms with van der Waals surface area (Å²) >= 11 is 11.5. The summed E-state index contributed by atoms with van der Waals surface area (Å²) in [6.45, 7) is 1.92. The Hall–Kier alpha value is -1.06. The minimum atomic E-state index is 0.246.